The molecule has 0 aliphatic heterocycles. The van der Waals surface area contributed by atoms with E-state index in [1.54, 1.807) is 0 Å². The number of halogens is 3. The molecule has 0 spiro atoms. The van der Waals surface area contributed by atoms with Crippen molar-refractivity contribution in [2.45, 2.75) is 40.7 Å². The van der Waals surface area contributed by atoms with E-state index < -0.39 is 8.07 Å². The largest absolute Gasteiger partial charge is 4.00 e. The van der Waals surface area contributed by atoms with Crippen LogP contribution in [0.25, 0.3) is 5.57 Å². The number of allylic oxidation sites excluding steroid dienone is 4. The Hall–Kier alpha value is -1.06. The van der Waals surface area contributed by atoms with Crippen molar-refractivity contribution in [1.29, 1.82) is 0 Å². The summed E-state index contributed by atoms with van der Waals surface area (Å²) in [5, 5.41) is 4.39. The van der Waals surface area contributed by atoms with Crippen LogP contribution in [0.1, 0.15) is 34.2 Å². The monoisotopic (exact) mass is 546 g/mol. The number of benzene rings is 3. The Kier molecular flexibility index (Phi) is 12.7. The van der Waals surface area contributed by atoms with Crippen molar-refractivity contribution >= 4 is 24.0 Å². The van der Waals surface area contributed by atoms with Gasteiger partial charge in [-0.15, -0.1) is 12.0 Å². The normalized spacial score (nSPS) is 12.3. The Bertz CT molecular complexity index is 1050. The van der Waals surface area contributed by atoms with Crippen molar-refractivity contribution in [3.63, 3.8) is 0 Å². The van der Waals surface area contributed by atoms with Crippen LogP contribution < -0.4 is 47.6 Å². The summed E-state index contributed by atoms with van der Waals surface area (Å²) < 4.78 is 0. The first-order valence-corrected chi connectivity index (χ1v) is 12.9. The second kappa shape index (κ2) is 13.1. The molecule has 1 aliphatic carbocycles. The van der Waals surface area contributed by atoms with Gasteiger partial charge in [0.2, 0.25) is 0 Å². The van der Waals surface area contributed by atoms with Gasteiger partial charge in [0.1, 0.15) is 8.07 Å². The van der Waals surface area contributed by atoms with Crippen LogP contribution in [0.15, 0.2) is 78.0 Å². The fraction of sp³-hybridized carbons (Fsp3) is 0.214. The summed E-state index contributed by atoms with van der Waals surface area (Å²) in [6.45, 7) is 11.4. The van der Waals surface area contributed by atoms with Gasteiger partial charge >= 0.3 is 21.7 Å². The van der Waals surface area contributed by atoms with Crippen LogP contribution in [0, 0.1) is 33.8 Å². The predicted octanol–water partition coefficient (Wildman–Crippen LogP) is -3.12. The molecule has 4 rings (SSSR count). The van der Waals surface area contributed by atoms with Crippen molar-refractivity contribution in [2.24, 2.45) is 0 Å². The molecule has 0 unspecified atom stereocenters. The van der Waals surface area contributed by atoms with Crippen LogP contribution in [0.4, 0.5) is 0 Å². The minimum Gasteiger partial charge on any atom is -1.00 e. The molecule has 5 heteroatoms. The molecule has 3 aromatic carbocycles. The maximum absolute atomic E-state index is 3.81. The number of aryl methyl sites for hydroxylation is 4. The molecule has 170 valence electrons. The van der Waals surface area contributed by atoms with Gasteiger partial charge in [0.05, 0.1) is 0 Å². The van der Waals surface area contributed by atoms with E-state index in [2.05, 4.69) is 113 Å². The van der Waals surface area contributed by atoms with Gasteiger partial charge in [0, 0.05) is 0 Å². The smallest absolute Gasteiger partial charge is 1.00 e. The molecule has 0 bridgehead atoms. The zero-order chi connectivity index (χ0) is 20.6. The SMILES string of the molecule is Cc1cc(C)cc([Si](C)(C2=[C-]CC=C2c2ccccc2)c2cc(C)cc(C)c2)c1.[Cl-].[Cl-].[Cl-].[Ti+4]. The van der Waals surface area contributed by atoms with E-state index in [1.807, 2.05) is 0 Å². The van der Waals surface area contributed by atoms with E-state index in [9.17, 15) is 0 Å². The van der Waals surface area contributed by atoms with Crippen LogP contribution in [-0.4, -0.2) is 8.07 Å². The Balaban J connectivity index is 0.00000256. The quantitative estimate of drug-likeness (QED) is 0.240. The van der Waals surface area contributed by atoms with Gasteiger partial charge in [0.15, 0.2) is 0 Å². The summed E-state index contributed by atoms with van der Waals surface area (Å²) in [6.07, 6.45) is 7.07. The molecule has 0 fully saturated rings. The van der Waals surface area contributed by atoms with Crippen molar-refractivity contribution < 1.29 is 58.9 Å². The van der Waals surface area contributed by atoms with Gasteiger partial charge in [-0.1, -0.05) is 106 Å². The Morgan fingerprint density at radius 1 is 0.667 bits per heavy atom. The molecule has 0 amide bonds. The molecule has 0 saturated carbocycles. The van der Waals surface area contributed by atoms with E-state index in [0.717, 1.165) is 6.42 Å². The first-order chi connectivity index (χ1) is 13.9. The summed E-state index contributed by atoms with van der Waals surface area (Å²) in [5.74, 6) is 0. The molecule has 0 heterocycles. The second-order valence-corrected chi connectivity index (χ2v) is 12.5. The Morgan fingerprint density at radius 2 is 1.09 bits per heavy atom. The molecule has 33 heavy (non-hydrogen) atoms. The first-order valence-electron chi connectivity index (χ1n) is 10.4. The number of rotatable bonds is 4. The fourth-order valence-corrected chi connectivity index (χ4v) is 8.98. The fourth-order valence-electron chi connectivity index (χ4n) is 4.76. The van der Waals surface area contributed by atoms with E-state index in [-0.39, 0.29) is 58.9 Å². The maximum atomic E-state index is 3.81. The van der Waals surface area contributed by atoms with Gasteiger partial charge < -0.3 is 37.2 Å². The maximum Gasteiger partial charge on any atom is 4.00 e. The molecule has 0 atom stereocenters. The van der Waals surface area contributed by atoms with E-state index in [4.69, 9.17) is 0 Å². The minimum atomic E-state index is -2.20. The van der Waals surface area contributed by atoms with E-state index in [0.29, 0.717) is 0 Å². The van der Waals surface area contributed by atoms with E-state index in [1.165, 1.54) is 49.0 Å². The molecular formula is C28H29Cl3SiTi. The summed E-state index contributed by atoms with van der Waals surface area (Å²) in [4.78, 5) is 0. The van der Waals surface area contributed by atoms with Gasteiger partial charge in [-0.05, 0) is 27.7 Å². The summed E-state index contributed by atoms with van der Waals surface area (Å²) in [7, 11) is -2.20. The summed E-state index contributed by atoms with van der Waals surface area (Å²) in [6, 6.07) is 25.0. The molecule has 0 radical (unpaired) electrons. The molecule has 3 aromatic rings. The van der Waals surface area contributed by atoms with Crippen LogP contribution in [0.2, 0.25) is 6.55 Å². The Morgan fingerprint density at radius 3 is 1.52 bits per heavy atom. The van der Waals surface area contributed by atoms with Gasteiger partial charge in [-0.25, -0.2) is 5.20 Å². The number of hydrogen-bond donors (Lipinski definition) is 0. The zero-order valence-electron chi connectivity index (χ0n) is 19.8. The standard InChI is InChI=1S/C28H29Si.3ClH.Ti/c1-20-14-21(2)17-25(16-20)29(5,26-18-22(3)15-23(4)19-26)28-13-9-12-27(28)24-10-7-6-8-11-24;;;;/h6-8,10-12,14-19H,9H2,1-5H3;3*1H;/q-1;;;;+4/p-3. The van der Waals surface area contributed by atoms with Gasteiger partial charge in [0.25, 0.3) is 0 Å². The van der Waals surface area contributed by atoms with Crippen LogP contribution in [0.3, 0.4) is 0 Å². The van der Waals surface area contributed by atoms with Crippen LogP contribution in [0.5, 0.6) is 0 Å². The average molecular weight is 548 g/mol. The topological polar surface area (TPSA) is 0 Å². The van der Waals surface area contributed by atoms with Gasteiger partial charge in [-0.3, -0.25) is 6.08 Å². The van der Waals surface area contributed by atoms with Gasteiger partial charge in [-0.2, -0.15) is 11.6 Å². The molecular weight excluding hydrogens is 519 g/mol. The summed E-state index contributed by atoms with van der Waals surface area (Å²) in [5.41, 5.74) is 8.04. The summed E-state index contributed by atoms with van der Waals surface area (Å²) >= 11 is 0. The third-order valence-corrected chi connectivity index (χ3v) is 10.4. The van der Waals surface area contributed by atoms with Crippen molar-refractivity contribution in [3.05, 3.63) is 112 Å². The Labute approximate surface area is 234 Å². The molecule has 0 saturated heterocycles. The first kappa shape index (κ1) is 31.9. The average Bonchev–Trinajstić information content (AvgIpc) is 3.17. The third-order valence-electron chi connectivity index (χ3n) is 6.04. The molecule has 1 aliphatic rings. The molecule has 0 nitrogen and oxygen atoms in total. The van der Waals surface area contributed by atoms with Crippen molar-refractivity contribution in [1.82, 2.24) is 0 Å². The number of hydrogen-bond acceptors (Lipinski definition) is 0. The van der Waals surface area contributed by atoms with Crippen LogP contribution in [-0.2, 0) is 21.7 Å². The van der Waals surface area contributed by atoms with Crippen molar-refractivity contribution in [3.8, 4) is 0 Å². The van der Waals surface area contributed by atoms with E-state index >= 15 is 0 Å². The zero-order valence-corrected chi connectivity index (χ0v) is 24.6. The van der Waals surface area contributed by atoms with Crippen molar-refractivity contribution in [2.75, 3.05) is 0 Å². The second-order valence-electron chi connectivity index (χ2n) is 8.62. The predicted molar refractivity (Wildman–Crippen MR) is 129 cm³/mol. The minimum absolute atomic E-state index is 0. The molecule has 0 aromatic heterocycles. The molecule has 0 N–H and O–H groups in total. The third kappa shape index (κ3) is 6.54. The van der Waals surface area contributed by atoms with Crippen LogP contribution >= 0.6 is 0 Å².